The highest BCUT2D eigenvalue weighted by atomic mass is 16.7. The Hall–Kier alpha value is -0.200. The van der Waals surface area contributed by atoms with Crippen LogP contribution in [0.25, 0.3) is 0 Å². The Balaban J connectivity index is 2.39. The molecule has 1 unspecified atom stereocenters. The van der Waals surface area contributed by atoms with Crippen molar-refractivity contribution in [2.45, 2.75) is 18.2 Å². The largest absolute Gasteiger partial charge is 0.396 e. The zero-order valence-electron chi connectivity index (χ0n) is 9.73. The molecule has 1 N–H and O–H groups in total. The maximum atomic E-state index is 8.93. The lowest BCUT2D eigenvalue weighted by Gasteiger charge is -2.50. The van der Waals surface area contributed by atoms with E-state index in [0.717, 1.165) is 19.5 Å². The third kappa shape index (κ3) is 2.89. The highest BCUT2D eigenvalue weighted by molar-refractivity contribution is 4.93. The number of aliphatic hydroxyl groups excluding tert-OH is 1. The first kappa shape index (κ1) is 12.9. The molecule has 1 fully saturated rings. The van der Waals surface area contributed by atoms with E-state index in [2.05, 4.69) is 4.90 Å². The predicted molar refractivity (Wildman–Crippen MR) is 55.7 cm³/mol. The fourth-order valence-corrected chi connectivity index (χ4v) is 1.89. The SMILES string of the molecule is COCC(CCO)N1CC(OC)(OC)C1. The first-order chi connectivity index (χ1) is 7.21. The van der Waals surface area contributed by atoms with Gasteiger partial charge in [-0.3, -0.25) is 4.90 Å². The van der Waals surface area contributed by atoms with Gasteiger partial charge in [0.2, 0.25) is 0 Å². The summed E-state index contributed by atoms with van der Waals surface area (Å²) in [7, 11) is 4.97. The van der Waals surface area contributed by atoms with Gasteiger partial charge in [0.15, 0.2) is 5.79 Å². The highest BCUT2D eigenvalue weighted by Gasteiger charge is 2.46. The zero-order valence-corrected chi connectivity index (χ0v) is 9.73. The average Bonchev–Trinajstić information content (AvgIpc) is 2.18. The molecule has 0 amide bonds. The zero-order chi connectivity index (χ0) is 11.3. The van der Waals surface area contributed by atoms with Gasteiger partial charge in [-0.2, -0.15) is 0 Å². The molecule has 1 heterocycles. The maximum absolute atomic E-state index is 8.93. The van der Waals surface area contributed by atoms with Crippen LogP contribution < -0.4 is 0 Å². The second kappa shape index (κ2) is 5.77. The molecule has 5 nitrogen and oxygen atoms in total. The third-order valence-corrected chi connectivity index (χ3v) is 2.97. The van der Waals surface area contributed by atoms with Gasteiger partial charge >= 0.3 is 0 Å². The first-order valence-electron chi connectivity index (χ1n) is 5.15. The number of methoxy groups -OCH3 is 3. The van der Waals surface area contributed by atoms with Crippen LogP contribution in [-0.4, -0.2) is 69.5 Å². The van der Waals surface area contributed by atoms with Crippen LogP contribution in [-0.2, 0) is 14.2 Å². The number of ether oxygens (including phenoxy) is 3. The van der Waals surface area contributed by atoms with Crippen LogP contribution in [0.3, 0.4) is 0 Å². The third-order valence-electron chi connectivity index (χ3n) is 2.97. The second-order valence-electron chi connectivity index (χ2n) is 3.85. The maximum Gasteiger partial charge on any atom is 0.193 e. The van der Waals surface area contributed by atoms with Crippen molar-refractivity contribution in [1.29, 1.82) is 0 Å². The fraction of sp³-hybridized carbons (Fsp3) is 1.00. The number of hydrogen-bond donors (Lipinski definition) is 1. The molecule has 0 aromatic heterocycles. The highest BCUT2D eigenvalue weighted by Crippen LogP contribution is 2.28. The van der Waals surface area contributed by atoms with Crippen molar-refractivity contribution in [3.63, 3.8) is 0 Å². The lowest BCUT2D eigenvalue weighted by atomic mass is 10.0. The molecule has 0 radical (unpaired) electrons. The van der Waals surface area contributed by atoms with Crippen molar-refractivity contribution in [1.82, 2.24) is 4.90 Å². The van der Waals surface area contributed by atoms with Gasteiger partial charge in [0.25, 0.3) is 0 Å². The van der Waals surface area contributed by atoms with E-state index in [0.29, 0.717) is 6.61 Å². The molecule has 1 saturated heterocycles. The summed E-state index contributed by atoms with van der Waals surface area (Å²) in [5.41, 5.74) is 0. The van der Waals surface area contributed by atoms with E-state index in [9.17, 15) is 0 Å². The Morgan fingerprint density at radius 2 is 1.87 bits per heavy atom. The Kier molecular flexibility index (Phi) is 4.95. The second-order valence-corrected chi connectivity index (χ2v) is 3.85. The molecule has 0 saturated carbocycles. The molecular weight excluding hydrogens is 198 g/mol. The van der Waals surface area contributed by atoms with Gasteiger partial charge in [-0.15, -0.1) is 0 Å². The molecule has 1 rings (SSSR count). The number of nitrogens with zero attached hydrogens (tertiary/aromatic N) is 1. The summed E-state index contributed by atoms with van der Waals surface area (Å²) in [4.78, 5) is 2.20. The van der Waals surface area contributed by atoms with E-state index >= 15 is 0 Å². The van der Waals surface area contributed by atoms with Crippen LogP contribution >= 0.6 is 0 Å². The molecule has 0 aliphatic carbocycles. The van der Waals surface area contributed by atoms with Crippen LogP contribution in [0, 0.1) is 0 Å². The van der Waals surface area contributed by atoms with E-state index in [1.807, 2.05) is 0 Å². The van der Waals surface area contributed by atoms with Crippen molar-refractivity contribution < 1.29 is 19.3 Å². The lowest BCUT2D eigenvalue weighted by Crippen LogP contribution is -2.67. The van der Waals surface area contributed by atoms with Gasteiger partial charge in [-0.25, -0.2) is 0 Å². The minimum absolute atomic E-state index is 0.178. The molecule has 1 aliphatic heterocycles. The van der Waals surface area contributed by atoms with Gasteiger partial charge < -0.3 is 19.3 Å². The fourth-order valence-electron chi connectivity index (χ4n) is 1.89. The number of likely N-dealkylation sites (tertiary alicyclic amines) is 1. The molecule has 0 spiro atoms. The van der Waals surface area contributed by atoms with Gasteiger partial charge in [0.1, 0.15) is 0 Å². The summed E-state index contributed by atoms with van der Waals surface area (Å²) in [6, 6.07) is 0.249. The molecule has 0 aromatic carbocycles. The molecule has 0 bridgehead atoms. The van der Waals surface area contributed by atoms with E-state index in [4.69, 9.17) is 19.3 Å². The van der Waals surface area contributed by atoms with Crippen LogP contribution in [0.5, 0.6) is 0 Å². The summed E-state index contributed by atoms with van der Waals surface area (Å²) in [6.07, 6.45) is 0.720. The van der Waals surface area contributed by atoms with E-state index < -0.39 is 5.79 Å². The molecule has 15 heavy (non-hydrogen) atoms. The monoisotopic (exact) mass is 219 g/mol. The van der Waals surface area contributed by atoms with Gasteiger partial charge in [-0.1, -0.05) is 0 Å². The van der Waals surface area contributed by atoms with Gasteiger partial charge in [0.05, 0.1) is 19.7 Å². The lowest BCUT2D eigenvalue weighted by molar-refractivity contribution is -0.284. The normalized spacial score (nSPS) is 22.4. The van der Waals surface area contributed by atoms with E-state index in [-0.39, 0.29) is 12.6 Å². The smallest absolute Gasteiger partial charge is 0.193 e. The summed E-state index contributed by atoms with van der Waals surface area (Å²) in [5.74, 6) is -0.457. The first-order valence-corrected chi connectivity index (χ1v) is 5.15. The van der Waals surface area contributed by atoms with Crippen LogP contribution in [0.4, 0.5) is 0 Å². The van der Waals surface area contributed by atoms with Crippen LogP contribution in [0.2, 0.25) is 0 Å². The molecule has 5 heteroatoms. The van der Waals surface area contributed by atoms with E-state index in [1.54, 1.807) is 21.3 Å². The Morgan fingerprint density at radius 1 is 1.27 bits per heavy atom. The molecule has 90 valence electrons. The number of rotatable bonds is 7. The summed E-state index contributed by atoms with van der Waals surface area (Å²) in [5, 5.41) is 8.93. The minimum atomic E-state index is -0.457. The quantitative estimate of drug-likeness (QED) is 0.595. The topological polar surface area (TPSA) is 51.2 Å². The van der Waals surface area contributed by atoms with Crippen molar-refractivity contribution in [3.8, 4) is 0 Å². The Bertz CT molecular complexity index is 170. The van der Waals surface area contributed by atoms with Crippen LogP contribution in [0.1, 0.15) is 6.42 Å². The summed E-state index contributed by atoms with van der Waals surface area (Å²) >= 11 is 0. The molecule has 0 aromatic rings. The average molecular weight is 219 g/mol. The van der Waals surface area contributed by atoms with Gasteiger partial charge in [-0.05, 0) is 6.42 Å². The Morgan fingerprint density at radius 3 is 2.27 bits per heavy atom. The van der Waals surface area contributed by atoms with Crippen molar-refractivity contribution >= 4 is 0 Å². The van der Waals surface area contributed by atoms with Crippen LogP contribution in [0.15, 0.2) is 0 Å². The van der Waals surface area contributed by atoms with Crippen molar-refractivity contribution in [2.24, 2.45) is 0 Å². The molecular formula is C10H21NO4. The minimum Gasteiger partial charge on any atom is -0.396 e. The Labute approximate surface area is 90.9 Å². The summed E-state index contributed by atoms with van der Waals surface area (Å²) < 4.78 is 15.7. The number of aliphatic hydroxyl groups is 1. The van der Waals surface area contributed by atoms with Crippen molar-refractivity contribution in [2.75, 3.05) is 47.6 Å². The van der Waals surface area contributed by atoms with Gasteiger partial charge in [0, 0.05) is 34.0 Å². The molecule has 1 atom stereocenters. The van der Waals surface area contributed by atoms with Crippen molar-refractivity contribution in [3.05, 3.63) is 0 Å². The summed E-state index contributed by atoms with van der Waals surface area (Å²) in [6.45, 7) is 2.27. The van der Waals surface area contributed by atoms with E-state index in [1.165, 1.54) is 0 Å². The number of hydrogen-bond acceptors (Lipinski definition) is 5. The molecule has 1 aliphatic rings. The predicted octanol–water partition coefficient (Wildman–Crippen LogP) is -0.311. The standard InChI is InChI=1S/C10H21NO4/c1-13-6-9(4-5-12)11-7-10(8-11,14-2)15-3/h9,12H,4-8H2,1-3H3.